The number of benzene rings is 1. The van der Waals surface area contributed by atoms with Crippen LogP contribution in [0, 0.1) is 0 Å². The molecule has 1 aromatic carbocycles. The minimum Gasteiger partial charge on any atom is -0.406 e. The third-order valence-corrected chi connectivity index (χ3v) is 4.27. The molecule has 1 saturated heterocycles. The topological polar surface area (TPSA) is 65.9 Å². The molecule has 1 aromatic heterocycles. The SMILES string of the molecule is O=C1CN(Cc2ccc(OC(F)(F)F)cc2)C[C@@H](O)CN1Cc1cccnc1. The Kier molecular flexibility index (Phi) is 6.15. The van der Waals surface area contributed by atoms with E-state index < -0.39 is 12.5 Å². The van der Waals surface area contributed by atoms with E-state index in [1.54, 1.807) is 28.3 Å². The summed E-state index contributed by atoms with van der Waals surface area (Å²) in [5.41, 5.74) is 1.59. The predicted octanol–water partition coefficient (Wildman–Crippen LogP) is 2.19. The third kappa shape index (κ3) is 5.93. The third-order valence-electron chi connectivity index (χ3n) is 4.27. The fraction of sp³-hybridized carbons (Fsp3) is 0.368. The molecule has 1 atom stereocenters. The summed E-state index contributed by atoms with van der Waals surface area (Å²) in [5.74, 6) is -0.427. The van der Waals surface area contributed by atoms with E-state index in [9.17, 15) is 23.1 Å². The molecule has 0 aliphatic carbocycles. The number of β-amino-alcohol motifs (C(OH)–C–C–N with tert-alkyl or cyclic N) is 1. The Morgan fingerprint density at radius 3 is 2.50 bits per heavy atom. The van der Waals surface area contributed by atoms with Crippen molar-refractivity contribution in [3.05, 3.63) is 59.9 Å². The Bertz CT molecular complexity index is 785. The standard InChI is InChI=1S/C19H20F3N3O3/c20-19(21,22)28-17-5-3-14(4-6-17)9-24-11-16(26)12-25(18(27)13-24)10-15-2-1-7-23-8-15/h1-8,16,26H,9-13H2/t16-/m1/s1. The smallest absolute Gasteiger partial charge is 0.406 e. The molecule has 0 saturated carbocycles. The van der Waals surface area contributed by atoms with Crippen LogP contribution < -0.4 is 4.74 Å². The lowest BCUT2D eigenvalue weighted by Gasteiger charge is -2.21. The molecule has 1 amide bonds. The highest BCUT2D eigenvalue weighted by molar-refractivity contribution is 5.78. The van der Waals surface area contributed by atoms with Crippen molar-refractivity contribution in [1.82, 2.24) is 14.8 Å². The van der Waals surface area contributed by atoms with Crippen LogP contribution in [0.3, 0.4) is 0 Å². The zero-order valence-corrected chi connectivity index (χ0v) is 15.0. The Morgan fingerprint density at radius 1 is 1.11 bits per heavy atom. The van der Waals surface area contributed by atoms with E-state index in [4.69, 9.17) is 0 Å². The van der Waals surface area contributed by atoms with Gasteiger partial charge in [-0.3, -0.25) is 14.7 Å². The number of carbonyl (C=O) groups excluding carboxylic acids is 1. The van der Waals surface area contributed by atoms with Crippen LogP contribution in [0.2, 0.25) is 0 Å². The second-order valence-electron chi connectivity index (χ2n) is 6.65. The van der Waals surface area contributed by atoms with Gasteiger partial charge in [-0.25, -0.2) is 0 Å². The van der Waals surface area contributed by atoms with E-state index in [-0.39, 0.29) is 31.3 Å². The molecule has 0 bridgehead atoms. The first kappa shape index (κ1) is 20.1. The number of aliphatic hydroxyl groups excluding tert-OH is 1. The molecule has 28 heavy (non-hydrogen) atoms. The van der Waals surface area contributed by atoms with Crippen LogP contribution in [0.15, 0.2) is 48.8 Å². The Labute approximate surface area is 160 Å². The summed E-state index contributed by atoms with van der Waals surface area (Å²) in [6.07, 6.45) is -2.14. The summed E-state index contributed by atoms with van der Waals surface area (Å²) in [5, 5.41) is 10.3. The Morgan fingerprint density at radius 2 is 1.86 bits per heavy atom. The van der Waals surface area contributed by atoms with Crippen molar-refractivity contribution in [2.75, 3.05) is 19.6 Å². The van der Waals surface area contributed by atoms with Crippen molar-refractivity contribution in [3.8, 4) is 5.75 Å². The van der Waals surface area contributed by atoms with Crippen LogP contribution in [0.25, 0.3) is 0 Å². The molecule has 9 heteroatoms. The molecule has 1 fully saturated rings. The molecular formula is C19H20F3N3O3. The molecule has 3 rings (SSSR count). The Balaban J connectivity index is 1.61. The van der Waals surface area contributed by atoms with Gasteiger partial charge in [0.05, 0.1) is 12.6 Å². The van der Waals surface area contributed by atoms with Crippen molar-refractivity contribution in [1.29, 1.82) is 0 Å². The van der Waals surface area contributed by atoms with Gasteiger partial charge >= 0.3 is 6.36 Å². The number of rotatable bonds is 5. The molecule has 0 unspecified atom stereocenters. The minimum absolute atomic E-state index is 0.109. The van der Waals surface area contributed by atoms with E-state index in [2.05, 4.69) is 9.72 Å². The number of amides is 1. The first-order chi connectivity index (χ1) is 13.3. The molecular weight excluding hydrogens is 375 g/mol. The van der Waals surface area contributed by atoms with Crippen LogP contribution in [0.5, 0.6) is 5.75 Å². The molecule has 1 aliphatic heterocycles. The zero-order chi connectivity index (χ0) is 20.1. The quantitative estimate of drug-likeness (QED) is 0.841. The normalized spacial score (nSPS) is 18.8. The average molecular weight is 395 g/mol. The van der Waals surface area contributed by atoms with Gasteiger partial charge in [-0.1, -0.05) is 18.2 Å². The van der Waals surface area contributed by atoms with Crippen LogP contribution >= 0.6 is 0 Å². The van der Waals surface area contributed by atoms with E-state index in [0.717, 1.165) is 11.1 Å². The molecule has 1 aliphatic rings. The van der Waals surface area contributed by atoms with Gasteiger partial charge in [0.1, 0.15) is 5.75 Å². The molecule has 150 valence electrons. The van der Waals surface area contributed by atoms with E-state index in [1.165, 1.54) is 24.3 Å². The second-order valence-corrected chi connectivity index (χ2v) is 6.65. The van der Waals surface area contributed by atoms with Gasteiger partial charge in [0.2, 0.25) is 5.91 Å². The number of hydrogen-bond acceptors (Lipinski definition) is 5. The van der Waals surface area contributed by atoms with E-state index in [0.29, 0.717) is 13.1 Å². The first-order valence-corrected chi connectivity index (χ1v) is 8.70. The molecule has 0 spiro atoms. The van der Waals surface area contributed by atoms with Crippen molar-refractivity contribution >= 4 is 5.91 Å². The van der Waals surface area contributed by atoms with Crippen molar-refractivity contribution in [3.63, 3.8) is 0 Å². The summed E-state index contributed by atoms with van der Waals surface area (Å²) in [4.78, 5) is 20.0. The maximum atomic E-state index is 12.6. The highest BCUT2D eigenvalue weighted by atomic mass is 19.4. The number of pyridine rings is 1. The molecule has 1 N–H and O–H groups in total. The number of aromatic nitrogens is 1. The fourth-order valence-corrected chi connectivity index (χ4v) is 3.11. The van der Waals surface area contributed by atoms with Crippen LogP contribution in [0.1, 0.15) is 11.1 Å². The minimum atomic E-state index is -4.74. The lowest BCUT2D eigenvalue weighted by atomic mass is 10.2. The van der Waals surface area contributed by atoms with Gasteiger partial charge in [0.25, 0.3) is 0 Å². The van der Waals surface area contributed by atoms with Gasteiger partial charge in [-0.2, -0.15) is 0 Å². The summed E-state index contributed by atoms with van der Waals surface area (Å²) >= 11 is 0. The summed E-state index contributed by atoms with van der Waals surface area (Å²) in [6.45, 7) is 1.30. The Hall–Kier alpha value is -2.65. The number of ether oxygens (including phenoxy) is 1. The number of aliphatic hydroxyl groups is 1. The van der Waals surface area contributed by atoms with Crippen molar-refractivity contribution < 1.29 is 27.8 Å². The molecule has 0 radical (unpaired) electrons. The zero-order valence-electron chi connectivity index (χ0n) is 15.0. The van der Waals surface area contributed by atoms with Gasteiger partial charge in [0.15, 0.2) is 0 Å². The van der Waals surface area contributed by atoms with E-state index in [1.807, 2.05) is 6.07 Å². The lowest BCUT2D eigenvalue weighted by molar-refractivity contribution is -0.274. The molecule has 2 aromatic rings. The van der Waals surface area contributed by atoms with Crippen LogP contribution in [-0.4, -0.2) is 57.9 Å². The van der Waals surface area contributed by atoms with E-state index >= 15 is 0 Å². The first-order valence-electron chi connectivity index (χ1n) is 8.70. The predicted molar refractivity (Wildman–Crippen MR) is 94.1 cm³/mol. The van der Waals surface area contributed by atoms with Gasteiger partial charge in [0, 0.05) is 38.6 Å². The summed E-state index contributed by atoms with van der Waals surface area (Å²) < 4.78 is 40.6. The molecule has 6 nitrogen and oxygen atoms in total. The fourth-order valence-electron chi connectivity index (χ4n) is 3.11. The van der Waals surface area contributed by atoms with Gasteiger partial charge in [-0.15, -0.1) is 13.2 Å². The number of hydrogen-bond donors (Lipinski definition) is 1. The van der Waals surface area contributed by atoms with Gasteiger partial charge < -0.3 is 14.7 Å². The monoisotopic (exact) mass is 395 g/mol. The highest BCUT2D eigenvalue weighted by Gasteiger charge is 2.31. The van der Waals surface area contributed by atoms with Crippen molar-refractivity contribution in [2.45, 2.75) is 25.6 Å². The second kappa shape index (κ2) is 8.57. The van der Waals surface area contributed by atoms with Crippen molar-refractivity contribution in [2.24, 2.45) is 0 Å². The highest BCUT2D eigenvalue weighted by Crippen LogP contribution is 2.23. The largest absolute Gasteiger partial charge is 0.573 e. The number of alkyl halides is 3. The number of halogens is 3. The average Bonchev–Trinajstić information content (AvgIpc) is 2.74. The maximum absolute atomic E-state index is 12.6. The molecule has 2 heterocycles. The van der Waals surface area contributed by atoms with Crippen LogP contribution in [0.4, 0.5) is 13.2 Å². The lowest BCUT2D eigenvalue weighted by Crippen LogP contribution is -2.36. The number of nitrogens with zero attached hydrogens (tertiary/aromatic N) is 3. The summed E-state index contributed by atoms with van der Waals surface area (Å²) in [7, 11) is 0. The van der Waals surface area contributed by atoms with Crippen LogP contribution in [-0.2, 0) is 17.9 Å². The maximum Gasteiger partial charge on any atom is 0.573 e. The number of carbonyl (C=O) groups is 1. The summed E-state index contributed by atoms with van der Waals surface area (Å²) in [6, 6.07) is 9.13. The van der Waals surface area contributed by atoms with Gasteiger partial charge in [-0.05, 0) is 29.3 Å².